The molecule has 0 radical (unpaired) electrons. The van der Waals surface area contributed by atoms with Crippen LogP contribution in [0.4, 0.5) is 0 Å². The maximum absolute atomic E-state index is 12.8. The number of benzene rings is 2. The standard InChI is InChI=1S/C26H30N2OS/c1-5-6-10-21(23-11-8-7-9-19(23)3)16-17-27-25(29)24-20(4)28-26(30-24)22-14-12-18(2)13-15-22/h7-15H,5-6,16-17H2,1-4H3,(H,27,29). The Labute approximate surface area is 183 Å². The van der Waals surface area contributed by atoms with Gasteiger partial charge in [0.1, 0.15) is 9.88 Å². The number of rotatable bonds is 8. The lowest BCUT2D eigenvalue weighted by Gasteiger charge is -2.12. The molecule has 1 amide bonds. The van der Waals surface area contributed by atoms with Crippen LogP contribution in [0.25, 0.3) is 16.1 Å². The number of carbonyl (C=O) groups is 1. The van der Waals surface area contributed by atoms with Crippen LogP contribution in [0.3, 0.4) is 0 Å². The molecule has 0 saturated carbocycles. The summed E-state index contributed by atoms with van der Waals surface area (Å²) in [5.74, 6) is -0.0389. The van der Waals surface area contributed by atoms with Crippen molar-refractivity contribution in [2.24, 2.45) is 0 Å². The van der Waals surface area contributed by atoms with Crippen molar-refractivity contribution >= 4 is 22.8 Å². The third-order valence-electron chi connectivity index (χ3n) is 5.15. The van der Waals surface area contributed by atoms with Crippen molar-refractivity contribution in [2.45, 2.75) is 47.0 Å². The van der Waals surface area contributed by atoms with Gasteiger partial charge in [-0.2, -0.15) is 0 Å². The molecule has 2 aromatic carbocycles. The maximum Gasteiger partial charge on any atom is 0.263 e. The molecular weight excluding hydrogens is 388 g/mol. The van der Waals surface area contributed by atoms with E-state index in [2.05, 4.69) is 85.7 Å². The number of allylic oxidation sites excluding steroid dienone is 1. The van der Waals surface area contributed by atoms with Gasteiger partial charge in [0, 0.05) is 12.1 Å². The summed E-state index contributed by atoms with van der Waals surface area (Å²) in [6, 6.07) is 16.7. The monoisotopic (exact) mass is 418 g/mol. The van der Waals surface area contributed by atoms with Crippen LogP contribution in [-0.2, 0) is 0 Å². The molecule has 0 aliphatic rings. The molecule has 30 heavy (non-hydrogen) atoms. The molecule has 4 heteroatoms. The lowest BCUT2D eigenvalue weighted by atomic mass is 9.97. The SMILES string of the molecule is CCCC=C(CCNC(=O)c1sc(-c2ccc(C)cc2)nc1C)c1ccccc1C. The average molecular weight is 419 g/mol. The first-order valence-electron chi connectivity index (χ1n) is 10.6. The minimum absolute atomic E-state index is 0.0389. The fourth-order valence-corrected chi connectivity index (χ4v) is 4.40. The first-order chi connectivity index (χ1) is 14.5. The highest BCUT2D eigenvalue weighted by atomic mass is 32.1. The van der Waals surface area contributed by atoms with Gasteiger partial charge in [-0.3, -0.25) is 4.79 Å². The Kier molecular flexibility index (Phi) is 7.58. The highest BCUT2D eigenvalue weighted by Gasteiger charge is 2.16. The number of hydrogen-bond donors (Lipinski definition) is 1. The van der Waals surface area contributed by atoms with Gasteiger partial charge in [-0.25, -0.2) is 4.98 Å². The van der Waals surface area contributed by atoms with Crippen LogP contribution in [0.2, 0.25) is 0 Å². The van der Waals surface area contributed by atoms with Gasteiger partial charge in [-0.1, -0.05) is 73.5 Å². The minimum Gasteiger partial charge on any atom is -0.351 e. The van der Waals surface area contributed by atoms with Gasteiger partial charge in [0.05, 0.1) is 5.69 Å². The van der Waals surface area contributed by atoms with Gasteiger partial charge in [0.2, 0.25) is 0 Å². The van der Waals surface area contributed by atoms with Crippen molar-refractivity contribution in [1.29, 1.82) is 0 Å². The number of hydrogen-bond acceptors (Lipinski definition) is 3. The molecule has 0 bridgehead atoms. The van der Waals surface area contributed by atoms with Crippen molar-refractivity contribution in [2.75, 3.05) is 6.54 Å². The molecule has 1 N–H and O–H groups in total. The summed E-state index contributed by atoms with van der Waals surface area (Å²) >= 11 is 1.46. The predicted molar refractivity (Wildman–Crippen MR) is 128 cm³/mol. The van der Waals surface area contributed by atoms with E-state index in [1.165, 1.54) is 33.6 Å². The number of unbranched alkanes of at least 4 members (excludes halogenated alkanes) is 1. The second-order valence-corrected chi connectivity index (χ2v) is 8.64. The Morgan fingerprint density at radius 2 is 1.80 bits per heavy atom. The van der Waals surface area contributed by atoms with Gasteiger partial charge in [-0.15, -0.1) is 11.3 Å². The zero-order chi connectivity index (χ0) is 21.5. The van der Waals surface area contributed by atoms with Gasteiger partial charge < -0.3 is 5.32 Å². The third-order valence-corrected chi connectivity index (χ3v) is 6.36. The van der Waals surface area contributed by atoms with E-state index >= 15 is 0 Å². The molecular formula is C26H30N2OS. The van der Waals surface area contributed by atoms with Crippen LogP contribution in [0, 0.1) is 20.8 Å². The number of carbonyl (C=O) groups excluding carboxylic acids is 1. The van der Waals surface area contributed by atoms with Crippen LogP contribution in [0.15, 0.2) is 54.6 Å². The van der Waals surface area contributed by atoms with Crippen molar-refractivity contribution in [1.82, 2.24) is 10.3 Å². The molecule has 0 spiro atoms. The number of aromatic nitrogens is 1. The molecule has 0 unspecified atom stereocenters. The fourth-order valence-electron chi connectivity index (χ4n) is 3.42. The average Bonchev–Trinajstić information content (AvgIpc) is 3.13. The predicted octanol–water partition coefficient (Wildman–Crippen LogP) is 6.74. The Morgan fingerprint density at radius 3 is 2.50 bits per heavy atom. The molecule has 0 atom stereocenters. The summed E-state index contributed by atoms with van der Waals surface area (Å²) in [4.78, 5) is 18.1. The van der Waals surface area contributed by atoms with Crippen molar-refractivity contribution in [3.8, 4) is 10.6 Å². The number of aryl methyl sites for hydroxylation is 3. The molecule has 0 aliphatic heterocycles. The Balaban J connectivity index is 1.67. The Hall–Kier alpha value is -2.72. The molecule has 0 saturated heterocycles. The quantitative estimate of drug-likeness (QED) is 0.440. The van der Waals surface area contributed by atoms with E-state index in [4.69, 9.17) is 0 Å². The molecule has 156 valence electrons. The highest BCUT2D eigenvalue weighted by molar-refractivity contribution is 7.17. The number of amides is 1. The number of thiazole rings is 1. The van der Waals surface area contributed by atoms with E-state index in [1.807, 2.05) is 6.92 Å². The first-order valence-corrected chi connectivity index (χ1v) is 11.4. The molecule has 1 aromatic heterocycles. The minimum atomic E-state index is -0.0389. The topological polar surface area (TPSA) is 42.0 Å². The van der Waals surface area contributed by atoms with Crippen molar-refractivity contribution in [3.05, 3.63) is 81.9 Å². The van der Waals surface area contributed by atoms with E-state index in [0.717, 1.165) is 35.5 Å². The van der Waals surface area contributed by atoms with Crippen molar-refractivity contribution in [3.63, 3.8) is 0 Å². The lowest BCUT2D eigenvalue weighted by molar-refractivity contribution is 0.0958. The van der Waals surface area contributed by atoms with Crippen molar-refractivity contribution < 1.29 is 4.79 Å². The van der Waals surface area contributed by atoms with E-state index in [9.17, 15) is 4.79 Å². The van der Waals surface area contributed by atoms with Crippen LogP contribution < -0.4 is 5.32 Å². The van der Waals surface area contributed by atoms with E-state index in [1.54, 1.807) is 0 Å². The zero-order valence-corrected chi connectivity index (χ0v) is 19.1. The van der Waals surface area contributed by atoms with Crippen LogP contribution in [0.5, 0.6) is 0 Å². The molecule has 3 nitrogen and oxygen atoms in total. The Bertz CT molecular complexity index is 1030. The smallest absolute Gasteiger partial charge is 0.263 e. The molecule has 0 fully saturated rings. The lowest BCUT2D eigenvalue weighted by Crippen LogP contribution is -2.24. The Morgan fingerprint density at radius 1 is 1.07 bits per heavy atom. The molecule has 1 heterocycles. The molecule has 3 rings (SSSR count). The number of nitrogens with one attached hydrogen (secondary N) is 1. The number of nitrogens with zero attached hydrogens (tertiary/aromatic N) is 1. The highest BCUT2D eigenvalue weighted by Crippen LogP contribution is 2.28. The fraction of sp³-hybridized carbons (Fsp3) is 0.308. The largest absolute Gasteiger partial charge is 0.351 e. The third kappa shape index (κ3) is 5.45. The van der Waals surface area contributed by atoms with E-state index < -0.39 is 0 Å². The van der Waals surface area contributed by atoms with Gasteiger partial charge in [0.15, 0.2) is 0 Å². The second kappa shape index (κ2) is 10.4. The summed E-state index contributed by atoms with van der Waals surface area (Å²) in [7, 11) is 0. The van der Waals surface area contributed by atoms with Gasteiger partial charge >= 0.3 is 0 Å². The summed E-state index contributed by atoms with van der Waals surface area (Å²) in [5, 5.41) is 3.99. The zero-order valence-electron chi connectivity index (χ0n) is 18.3. The molecule has 3 aromatic rings. The van der Waals surface area contributed by atoms with Crippen LogP contribution in [0.1, 0.15) is 58.2 Å². The normalized spacial score (nSPS) is 11.5. The second-order valence-electron chi connectivity index (χ2n) is 7.64. The summed E-state index contributed by atoms with van der Waals surface area (Å²) in [6.07, 6.45) is 5.29. The summed E-state index contributed by atoms with van der Waals surface area (Å²) in [5.41, 5.74) is 6.90. The molecule has 0 aliphatic carbocycles. The maximum atomic E-state index is 12.8. The summed E-state index contributed by atoms with van der Waals surface area (Å²) < 4.78 is 0. The van der Waals surface area contributed by atoms with Crippen LogP contribution in [-0.4, -0.2) is 17.4 Å². The van der Waals surface area contributed by atoms with E-state index in [-0.39, 0.29) is 5.91 Å². The summed E-state index contributed by atoms with van der Waals surface area (Å²) in [6.45, 7) is 8.91. The van der Waals surface area contributed by atoms with E-state index in [0.29, 0.717) is 11.4 Å². The van der Waals surface area contributed by atoms with Gasteiger partial charge in [-0.05, 0) is 50.3 Å². The first kappa shape index (κ1) is 22.0. The van der Waals surface area contributed by atoms with Crippen LogP contribution >= 0.6 is 11.3 Å². The van der Waals surface area contributed by atoms with Gasteiger partial charge in [0.25, 0.3) is 5.91 Å².